The van der Waals surface area contributed by atoms with E-state index >= 15 is 0 Å². The topological polar surface area (TPSA) is 55.5 Å². The first-order valence-electron chi connectivity index (χ1n) is 3.82. The van der Waals surface area contributed by atoms with Gasteiger partial charge in [0.15, 0.2) is 0 Å². The lowest BCUT2D eigenvalue weighted by Gasteiger charge is -2.27. The first-order valence-corrected chi connectivity index (χ1v) is 3.82. The van der Waals surface area contributed by atoms with Crippen molar-refractivity contribution in [1.82, 2.24) is 0 Å². The zero-order valence-corrected chi connectivity index (χ0v) is 5.92. The van der Waals surface area contributed by atoms with Crippen LogP contribution in [0.15, 0.2) is 0 Å². The molecule has 0 saturated carbocycles. The van der Waals surface area contributed by atoms with Crippen LogP contribution in [0, 0.1) is 0 Å². The Morgan fingerprint density at radius 1 is 1.60 bits per heavy atom. The second-order valence-electron chi connectivity index (χ2n) is 3.34. The van der Waals surface area contributed by atoms with Crippen molar-refractivity contribution in [3.63, 3.8) is 0 Å². The van der Waals surface area contributed by atoms with Crippen molar-refractivity contribution >= 4 is 0 Å². The highest BCUT2D eigenvalue weighted by Crippen LogP contribution is 2.40. The Balaban J connectivity index is 2.14. The Morgan fingerprint density at radius 3 is 2.70 bits per heavy atom. The maximum Gasteiger partial charge on any atom is 0.105 e. The Morgan fingerprint density at radius 2 is 2.40 bits per heavy atom. The van der Waals surface area contributed by atoms with E-state index < -0.39 is 5.60 Å². The summed E-state index contributed by atoms with van der Waals surface area (Å²) in [6.07, 6.45) is 3.15. The van der Waals surface area contributed by atoms with E-state index in [0.29, 0.717) is 12.6 Å². The van der Waals surface area contributed by atoms with Gasteiger partial charge in [0.2, 0.25) is 0 Å². The van der Waals surface area contributed by atoms with Crippen LogP contribution < -0.4 is 5.73 Å². The Hall–Kier alpha value is -0.120. The molecule has 2 fully saturated rings. The van der Waals surface area contributed by atoms with E-state index in [9.17, 15) is 5.11 Å². The summed E-state index contributed by atoms with van der Waals surface area (Å²) in [6, 6.07) is 0. The number of ether oxygens (including phenoxy) is 1. The standard InChI is InChI=1S/C7H13NO2/c8-4-7(9)3-5-1-2-6(7)10-5/h5-6,9H,1-4,8H2. The average molecular weight is 143 g/mol. The number of aliphatic hydroxyl groups is 1. The fourth-order valence-corrected chi connectivity index (χ4v) is 1.99. The largest absolute Gasteiger partial charge is 0.386 e. The van der Waals surface area contributed by atoms with E-state index in [1.54, 1.807) is 0 Å². The van der Waals surface area contributed by atoms with Gasteiger partial charge in [-0.15, -0.1) is 0 Å². The summed E-state index contributed by atoms with van der Waals surface area (Å²) in [5.74, 6) is 0. The molecule has 0 aromatic carbocycles. The molecule has 3 N–H and O–H groups in total. The minimum absolute atomic E-state index is 0.0301. The van der Waals surface area contributed by atoms with Gasteiger partial charge in [0.25, 0.3) is 0 Å². The molecule has 3 atom stereocenters. The maximum atomic E-state index is 9.74. The molecular weight excluding hydrogens is 130 g/mol. The second-order valence-corrected chi connectivity index (χ2v) is 3.34. The molecule has 0 aromatic heterocycles. The molecule has 2 bridgehead atoms. The molecule has 2 heterocycles. The van der Waals surface area contributed by atoms with Crippen LogP contribution in [0.2, 0.25) is 0 Å². The zero-order chi connectivity index (χ0) is 7.19. The third-order valence-corrected chi connectivity index (χ3v) is 2.64. The maximum absolute atomic E-state index is 9.74. The summed E-state index contributed by atoms with van der Waals surface area (Å²) >= 11 is 0. The summed E-state index contributed by atoms with van der Waals surface area (Å²) in [4.78, 5) is 0. The molecule has 0 radical (unpaired) electrons. The van der Waals surface area contributed by atoms with Crippen LogP contribution in [-0.2, 0) is 4.74 Å². The molecule has 10 heavy (non-hydrogen) atoms. The molecule has 3 heteroatoms. The first-order chi connectivity index (χ1) is 4.74. The summed E-state index contributed by atoms with van der Waals surface area (Å²) < 4.78 is 5.45. The minimum atomic E-state index is -0.692. The molecule has 2 aliphatic rings. The molecule has 0 spiro atoms. The van der Waals surface area contributed by atoms with Crippen molar-refractivity contribution in [2.45, 2.75) is 37.1 Å². The van der Waals surface area contributed by atoms with Crippen molar-refractivity contribution in [2.75, 3.05) is 6.54 Å². The summed E-state index contributed by atoms with van der Waals surface area (Å²) in [5, 5.41) is 9.74. The summed E-state index contributed by atoms with van der Waals surface area (Å²) in [6.45, 7) is 0.341. The van der Waals surface area contributed by atoms with Crippen molar-refractivity contribution in [1.29, 1.82) is 0 Å². The van der Waals surface area contributed by atoms with Crippen LogP contribution in [0.4, 0.5) is 0 Å². The number of nitrogens with two attached hydrogens (primary N) is 1. The van der Waals surface area contributed by atoms with Crippen molar-refractivity contribution in [2.24, 2.45) is 5.73 Å². The molecule has 58 valence electrons. The van der Waals surface area contributed by atoms with E-state index in [0.717, 1.165) is 19.3 Å². The van der Waals surface area contributed by atoms with Gasteiger partial charge in [-0.3, -0.25) is 0 Å². The number of rotatable bonds is 1. The smallest absolute Gasteiger partial charge is 0.105 e. The van der Waals surface area contributed by atoms with Crippen LogP contribution in [0.1, 0.15) is 19.3 Å². The van der Waals surface area contributed by atoms with Crippen LogP contribution in [0.5, 0.6) is 0 Å². The van der Waals surface area contributed by atoms with Crippen molar-refractivity contribution in [3.8, 4) is 0 Å². The average Bonchev–Trinajstić information content (AvgIpc) is 2.46. The fraction of sp³-hybridized carbons (Fsp3) is 1.00. The third kappa shape index (κ3) is 0.713. The van der Waals surface area contributed by atoms with E-state index in [2.05, 4.69) is 0 Å². The molecule has 3 nitrogen and oxygen atoms in total. The molecular formula is C7H13NO2. The zero-order valence-electron chi connectivity index (χ0n) is 5.92. The predicted octanol–water partition coefficient (Wildman–Crippen LogP) is -0.373. The lowest BCUT2D eigenvalue weighted by Crippen LogP contribution is -2.46. The van der Waals surface area contributed by atoms with Gasteiger partial charge in [-0.25, -0.2) is 0 Å². The monoisotopic (exact) mass is 143 g/mol. The van der Waals surface area contributed by atoms with Gasteiger partial charge < -0.3 is 15.6 Å². The van der Waals surface area contributed by atoms with Crippen LogP contribution >= 0.6 is 0 Å². The molecule has 2 saturated heterocycles. The Labute approximate surface area is 60.2 Å². The quantitative estimate of drug-likeness (QED) is 0.526. The van der Waals surface area contributed by atoms with Gasteiger partial charge in [-0.2, -0.15) is 0 Å². The van der Waals surface area contributed by atoms with Crippen LogP contribution in [0.25, 0.3) is 0 Å². The van der Waals surface area contributed by atoms with Crippen molar-refractivity contribution < 1.29 is 9.84 Å². The molecule has 2 aliphatic heterocycles. The fourth-order valence-electron chi connectivity index (χ4n) is 1.99. The SMILES string of the molecule is NCC1(O)CC2CCC1O2. The number of hydrogen-bond acceptors (Lipinski definition) is 3. The molecule has 0 amide bonds. The predicted molar refractivity (Wildman–Crippen MR) is 36.5 cm³/mol. The number of fused-ring (bicyclic) bond motifs is 2. The van der Waals surface area contributed by atoms with Crippen LogP contribution in [-0.4, -0.2) is 29.5 Å². The lowest BCUT2D eigenvalue weighted by atomic mass is 9.85. The van der Waals surface area contributed by atoms with E-state index in [1.165, 1.54) is 0 Å². The summed E-state index contributed by atoms with van der Waals surface area (Å²) in [5.41, 5.74) is 4.73. The lowest BCUT2D eigenvalue weighted by molar-refractivity contribution is -0.0218. The first kappa shape index (κ1) is 6.58. The van der Waals surface area contributed by atoms with Gasteiger partial charge >= 0.3 is 0 Å². The third-order valence-electron chi connectivity index (χ3n) is 2.64. The van der Waals surface area contributed by atoms with Crippen LogP contribution in [0.3, 0.4) is 0 Å². The van der Waals surface area contributed by atoms with Gasteiger partial charge in [0.1, 0.15) is 5.60 Å². The van der Waals surface area contributed by atoms with Gasteiger partial charge in [0, 0.05) is 13.0 Å². The molecule has 0 aliphatic carbocycles. The van der Waals surface area contributed by atoms with Crippen molar-refractivity contribution in [3.05, 3.63) is 0 Å². The molecule has 3 unspecified atom stereocenters. The highest BCUT2D eigenvalue weighted by atomic mass is 16.5. The normalized spacial score (nSPS) is 52.2. The van der Waals surface area contributed by atoms with Gasteiger partial charge in [-0.1, -0.05) is 0 Å². The second kappa shape index (κ2) is 1.94. The van der Waals surface area contributed by atoms with E-state index in [4.69, 9.17) is 10.5 Å². The highest BCUT2D eigenvalue weighted by Gasteiger charge is 2.50. The van der Waals surface area contributed by atoms with E-state index in [-0.39, 0.29) is 6.10 Å². The highest BCUT2D eigenvalue weighted by molar-refractivity contribution is 5.01. The Kier molecular flexibility index (Phi) is 1.27. The number of hydrogen-bond donors (Lipinski definition) is 2. The van der Waals surface area contributed by atoms with Gasteiger partial charge in [-0.05, 0) is 12.8 Å². The molecule has 0 aromatic rings. The van der Waals surface area contributed by atoms with E-state index in [1.807, 2.05) is 0 Å². The Bertz CT molecular complexity index is 151. The summed E-state index contributed by atoms with van der Waals surface area (Å²) in [7, 11) is 0. The minimum Gasteiger partial charge on any atom is -0.386 e. The molecule has 2 rings (SSSR count). The van der Waals surface area contributed by atoms with Gasteiger partial charge in [0.05, 0.1) is 12.2 Å².